The van der Waals surface area contributed by atoms with Crippen LogP contribution in [0.2, 0.25) is 0 Å². The summed E-state index contributed by atoms with van der Waals surface area (Å²) in [5.74, 6) is 0.995. The van der Waals surface area contributed by atoms with Gasteiger partial charge in [-0.3, -0.25) is 4.90 Å². The van der Waals surface area contributed by atoms with Gasteiger partial charge in [-0.25, -0.2) is 0 Å². The average Bonchev–Trinajstić information content (AvgIpc) is 2.88. The third-order valence-corrected chi connectivity index (χ3v) is 3.91. The third-order valence-electron chi connectivity index (χ3n) is 3.91. The Morgan fingerprint density at radius 3 is 2.83 bits per heavy atom. The quantitative estimate of drug-likeness (QED) is 0.800. The minimum Gasteiger partial charge on any atom is -0.493 e. The summed E-state index contributed by atoms with van der Waals surface area (Å²) in [5.41, 5.74) is 2.38. The fourth-order valence-electron chi connectivity index (χ4n) is 2.92. The van der Waals surface area contributed by atoms with Crippen molar-refractivity contribution in [3.63, 3.8) is 0 Å². The van der Waals surface area contributed by atoms with E-state index in [1.54, 1.807) is 0 Å². The van der Waals surface area contributed by atoms with Crippen LogP contribution in [-0.4, -0.2) is 24.6 Å². The molecule has 3 nitrogen and oxygen atoms in total. The molecule has 2 aliphatic rings. The average molecular weight is 242 g/mol. The van der Waals surface area contributed by atoms with Crippen LogP contribution >= 0.6 is 0 Å². The van der Waals surface area contributed by atoms with Crippen molar-refractivity contribution in [2.75, 3.05) is 19.7 Å². The highest BCUT2D eigenvalue weighted by atomic mass is 16.5. The number of likely N-dealkylation sites (tertiary alicyclic amines) is 1. The van der Waals surface area contributed by atoms with E-state index >= 15 is 0 Å². The fraction of sp³-hybridized carbons (Fsp3) is 0.533. The minimum absolute atomic E-state index is 0.0869. The molecule has 0 spiro atoms. The van der Waals surface area contributed by atoms with Crippen molar-refractivity contribution in [3.8, 4) is 11.8 Å². The molecule has 1 atom stereocenters. The van der Waals surface area contributed by atoms with Crippen molar-refractivity contribution in [3.05, 3.63) is 29.3 Å². The van der Waals surface area contributed by atoms with Crippen molar-refractivity contribution in [2.45, 2.75) is 31.7 Å². The first-order valence-corrected chi connectivity index (χ1v) is 6.78. The summed E-state index contributed by atoms with van der Waals surface area (Å²) < 4.78 is 5.52. The lowest BCUT2D eigenvalue weighted by atomic mass is 10.00. The molecule has 1 aromatic carbocycles. The Hall–Kier alpha value is -1.53. The Morgan fingerprint density at radius 2 is 2.06 bits per heavy atom. The molecular formula is C15H18N2O. The number of rotatable bonds is 2. The van der Waals surface area contributed by atoms with Crippen molar-refractivity contribution in [2.24, 2.45) is 0 Å². The number of nitriles is 1. The van der Waals surface area contributed by atoms with E-state index in [1.807, 2.05) is 12.1 Å². The second-order valence-electron chi connectivity index (χ2n) is 5.09. The van der Waals surface area contributed by atoms with Crippen LogP contribution < -0.4 is 4.74 Å². The molecule has 0 radical (unpaired) electrons. The van der Waals surface area contributed by atoms with Gasteiger partial charge in [-0.1, -0.05) is 12.5 Å². The van der Waals surface area contributed by atoms with Gasteiger partial charge in [-0.05, 0) is 49.2 Å². The molecule has 1 unspecified atom stereocenters. The molecule has 0 amide bonds. The van der Waals surface area contributed by atoms with Gasteiger partial charge in [0.05, 0.1) is 12.7 Å². The molecule has 0 N–H and O–H groups in total. The molecule has 0 aromatic heterocycles. The third kappa shape index (κ3) is 2.09. The summed E-state index contributed by atoms with van der Waals surface area (Å²) in [7, 11) is 0. The molecule has 0 bridgehead atoms. The molecule has 3 rings (SSSR count). The maximum Gasteiger partial charge on any atom is 0.123 e. The summed E-state index contributed by atoms with van der Waals surface area (Å²) >= 11 is 0. The molecule has 2 aliphatic heterocycles. The number of hydrogen-bond donors (Lipinski definition) is 0. The molecular weight excluding hydrogens is 224 g/mol. The van der Waals surface area contributed by atoms with Crippen LogP contribution in [0.15, 0.2) is 18.2 Å². The number of hydrogen-bond acceptors (Lipinski definition) is 3. The highest BCUT2D eigenvalue weighted by molar-refractivity contribution is 5.42. The summed E-state index contributed by atoms with van der Waals surface area (Å²) in [6.07, 6.45) is 4.70. The Labute approximate surface area is 108 Å². The van der Waals surface area contributed by atoms with E-state index < -0.39 is 0 Å². The maximum absolute atomic E-state index is 9.46. The molecule has 94 valence electrons. The lowest BCUT2D eigenvalue weighted by Crippen LogP contribution is -2.33. The molecule has 0 saturated carbocycles. The van der Waals surface area contributed by atoms with Gasteiger partial charge in [0.15, 0.2) is 0 Å². The maximum atomic E-state index is 9.46. The zero-order valence-corrected chi connectivity index (χ0v) is 10.6. The van der Waals surface area contributed by atoms with Crippen LogP contribution in [0.4, 0.5) is 0 Å². The largest absolute Gasteiger partial charge is 0.493 e. The predicted octanol–water partition coefficient (Wildman–Crippen LogP) is 2.67. The summed E-state index contributed by atoms with van der Waals surface area (Å²) in [6, 6.07) is 8.60. The Kier molecular flexibility index (Phi) is 3.21. The lowest BCUT2D eigenvalue weighted by Gasteiger charge is -2.30. The van der Waals surface area contributed by atoms with Crippen molar-refractivity contribution in [1.82, 2.24) is 4.90 Å². The molecule has 0 aliphatic carbocycles. The first-order valence-electron chi connectivity index (χ1n) is 6.78. The van der Waals surface area contributed by atoms with E-state index in [1.165, 1.54) is 24.8 Å². The van der Waals surface area contributed by atoms with E-state index in [0.717, 1.165) is 37.4 Å². The zero-order chi connectivity index (χ0) is 12.4. The lowest BCUT2D eigenvalue weighted by molar-refractivity contribution is 0.196. The summed E-state index contributed by atoms with van der Waals surface area (Å²) in [5, 5.41) is 9.46. The van der Waals surface area contributed by atoms with E-state index in [4.69, 9.17) is 4.74 Å². The highest BCUT2D eigenvalue weighted by Crippen LogP contribution is 2.31. The number of nitrogens with zero attached hydrogens (tertiary/aromatic N) is 2. The minimum atomic E-state index is -0.0869. The topological polar surface area (TPSA) is 36.3 Å². The van der Waals surface area contributed by atoms with Gasteiger partial charge in [0.25, 0.3) is 0 Å². The molecule has 1 saturated heterocycles. The first-order chi connectivity index (χ1) is 8.88. The predicted molar refractivity (Wildman–Crippen MR) is 69.4 cm³/mol. The SMILES string of the molecule is N#CC(c1ccc2c(c1)CCO2)N1CCCCC1. The second-order valence-corrected chi connectivity index (χ2v) is 5.09. The molecule has 3 heteroatoms. The van der Waals surface area contributed by atoms with E-state index in [-0.39, 0.29) is 6.04 Å². The van der Waals surface area contributed by atoms with Gasteiger partial charge < -0.3 is 4.74 Å². The van der Waals surface area contributed by atoms with E-state index in [0.29, 0.717) is 0 Å². The normalized spacial score (nSPS) is 20.8. The smallest absolute Gasteiger partial charge is 0.123 e. The Morgan fingerprint density at radius 1 is 1.22 bits per heavy atom. The second kappa shape index (κ2) is 4.99. The van der Waals surface area contributed by atoms with Crippen molar-refractivity contribution in [1.29, 1.82) is 5.26 Å². The number of fused-ring (bicyclic) bond motifs is 1. The van der Waals surface area contributed by atoms with Crippen LogP contribution in [0, 0.1) is 11.3 Å². The van der Waals surface area contributed by atoms with Gasteiger partial charge >= 0.3 is 0 Å². The van der Waals surface area contributed by atoms with Gasteiger partial charge in [0.2, 0.25) is 0 Å². The molecule has 1 fully saturated rings. The number of ether oxygens (including phenoxy) is 1. The van der Waals surface area contributed by atoms with E-state index in [2.05, 4.69) is 17.0 Å². The fourth-order valence-corrected chi connectivity index (χ4v) is 2.92. The van der Waals surface area contributed by atoms with Crippen LogP contribution in [0.1, 0.15) is 36.4 Å². The van der Waals surface area contributed by atoms with Crippen molar-refractivity contribution >= 4 is 0 Å². The van der Waals surface area contributed by atoms with Gasteiger partial charge in [0.1, 0.15) is 11.8 Å². The van der Waals surface area contributed by atoms with Crippen LogP contribution in [-0.2, 0) is 6.42 Å². The standard InChI is InChI=1S/C15H18N2O/c16-11-14(17-7-2-1-3-8-17)12-4-5-15-13(10-12)6-9-18-15/h4-5,10,14H,1-3,6-9H2. The molecule has 2 heterocycles. The van der Waals surface area contributed by atoms with Crippen LogP contribution in [0.5, 0.6) is 5.75 Å². The monoisotopic (exact) mass is 242 g/mol. The summed E-state index contributed by atoms with van der Waals surface area (Å²) in [4.78, 5) is 2.31. The zero-order valence-electron chi connectivity index (χ0n) is 10.6. The van der Waals surface area contributed by atoms with Crippen molar-refractivity contribution < 1.29 is 4.74 Å². The molecule has 18 heavy (non-hydrogen) atoms. The van der Waals surface area contributed by atoms with Crippen LogP contribution in [0.25, 0.3) is 0 Å². The Balaban J connectivity index is 1.85. The number of piperidine rings is 1. The first kappa shape index (κ1) is 11.6. The van der Waals surface area contributed by atoms with E-state index in [9.17, 15) is 5.26 Å². The Bertz CT molecular complexity index is 472. The van der Waals surface area contributed by atoms with Crippen LogP contribution in [0.3, 0.4) is 0 Å². The number of benzene rings is 1. The molecule has 1 aromatic rings. The summed E-state index contributed by atoms with van der Waals surface area (Å²) in [6.45, 7) is 2.87. The highest BCUT2D eigenvalue weighted by Gasteiger charge is 2.23. The van der Waals surface area contributed by atoms with Gasteiger partial charge in [0, 0.05) is 6.42 Å². The van der Waals surface area contributed by atoms with Gasteiger partial charge in [-0.15, -0.1) is 0 Å². The van der Waals surface area contributed by atoms with Gasteiger partial charge in [-0.2, -0.15) is 5.26 Å².